The summed E-state index contributed by atoms with van der Waals surface area (Å²) in [6.07, 6.45) is 0. The van der Waals surface area contributed by atoms with Crippen LogP contribution in [-0.2, 0) is 0 Å². The molecule has 0 aliphatic carbocycles. The third-order valence-electron chi connectivity index (χ3n) is 10.2. The van der Waals surface area contributed by atoms with Crippen molar-refractivity contribution in [2.75, 3.05) is 6.67 Å². The van der Waals surface area contributed by atoms with Crippen molar-refractivity contribution in [3.8, 4) is 0 Å². The summed E-state index contributed by atoms with van der Waals surface area (Å²) in [6, 6.07) is 58.7. The number of benzene rings is 6. The Bertz CT molecular complexity index is 1710. The highest BCUT2D eigenvalue weighted by Crippen LogP contribution is 2.54. The van der Waals surface area contributed by atoms with Gasteiger partial charge in [0.15, 0.2) is 0 Å². The first-order valence-electron chi connectivity index (χ1n) is 16.9. The van der Waals surface area contributed by atoms with Crippen molar-refractivity contribution in [1.82, 2.24) is 9.80 Å². The average molecular weight is 613 g/mol. The van der Waals surface area contributed by atoms with E-state index in [9.17, 15) is 0 Å². The molecule has 1 saturated heterocycles. The molecule has 234 valence electrons. The molecular formula is C45H44N2. The van der Waals surface area contributed by atoms with Crippen molar-refractivity contribution in [3.05, 3.63) is 213 Å². The highest BCUT2D eigenvalue weighted by Gasteiger charge is 2.48. The van der Waals surface area contributed by atoms with Gasteiger partial charge < -0.3 is 0 Å². The van der Waals surface area contributed by atoms with E-state index in [1.165, 1.54) is 55.6 Å². The van der Waals surface area contributed by atoms with E-state index in [-0.39, 0.29) is 24.2 Å². The monoisotopic (exact) mass is 612 g/mol. The van der Waals surface area contributed by atoms with Gasteiger partial charge in [0, 0.05) is 0 Å². The first-order valence-corrected chi connectivity index (χ1v) is 16.9. The second-order valence-electron chi connectivity index (χ2n) is 13.1. The Morgan fingerprint density at radius 2 is 0.617 bits per heavy atom. The van der Waals surface area contributed by atoms with Crippen LogP contribution in [0.2, 0.25) is 0 Å². The molecule has 0 unspecified atom stereocenters. The third kappa shape index (κ3) is 5.96. The van der Waals surface area contributed by atoms with Crippen LogP contribution < -0.4 is 0 Å². The zero-order chi connectivity index (χ0) is 32.3. The molecule has 0 bridgehead atoms. The number of hydrogen-bond acceptors (Lipinski definition) is 2. The summed E-state index contributed by atoms with van der Waals surface area (Å²) in [7, 11) is 0. The molecule has 0 radical (unpaired) electrons. The first-order chi connectivity index (χ1) is 23.0. The summed E-state index contributed by atoms with van der Waals surface area (Å²) in [5.74, 6) is 0. The molecule has 1 fully saturated rings. The molecule has 6 aromatic carbocycles. The predicted molar refractivity (Wildman–Crippen MR) is 195 cm³/mol. The normalized spacial score (nSPS) is 17.1. The van der Waals surface area contributed by atoms with Gasteiger partial charge in [-0.05, 0) is 83.3 Å². The van der Waals surface area contributed by atoms with Gasteiger partial charge in [0.25, 0.3) is 0 Å². The molecular weight excluding hydrogens is 569 g/mol. The van der Waals surface area contributed by atoms with Crippen molar-refractivity contribution in [2.24, 2.45) is 0 Å². The van der Waals surface area contributed by atoms with E-state index in [0.717, 1.165) is 6.67 Å². The standard InChI is InChI=1S/C45H44N2/c1-32-19-11-15-27-38(32)44(39-28-16-12-20-33(39)2)46-31-47(43(37-25-9-6-10-26-37)42(46)36-23-7-5-8-24-36)45(40-29-17-13-21-34(40)3)41-30-18-14-22-35(41)4/h5-30,42-45H,31H2,1-4H3/t42-,43-/m1/s1. The molecule has 0 spiro atoms. The molecule has 0 N–H and O–H groups in total. The number of aryl methyl sites for hydroxylation is 4. The summed E-state index contributed by atoms with van der Waals surface area (Å²) in [5.41, 5.74) is 13.4. The van der Waals surface area contributed by atoms with Crippen LogP contribution in [0.3, 0.4) is 0 Å². The molecule has 1 aliphatic heterocycles. The second kappa shape index (κ2) is 13.5. The summed E-state index contributed by atoms with van der Waals surface area (Å²) in [4.78, 5) is 5.59. The van der Waals surface area contributed by atoms with Gasteiger partial charge in [-0.2, -0.15) is 0 Å². The van der Waals surface area contributed by atoms with Gasteiger partial charge in [0.2, 0.25) is 0 Å². The number of rotatable bonds is 8. The second-order valence-corrected chi connectivity index (χ2v) is 13.1. The minimum atomic E-state index is 0.0632. The van der Waals surface area contributed by atoms with Crippen LogP contribution in [0.15, 0.2) is 158 Å². The van der Waals surface area contributed by atoms with Gasteiger partial charge >= 0.3 is 0 Å². The van der Waals surface area contributed by atoms with E-state index < -0.39 is 0 Å². The molecule has 1 aliphatic rings. The van der Waals surface area contributed by atoms with Crippen molar-refractivity contribution < 1.29 is 0 Å². The lowest BCUT2D eigenvalue weighted by molar-refractivity contribution is 0.163. The molecule has 2 nitrogen and oxygen atoms in total. The Labute approximate surface area is 281 Å². The SMILES string of the molecule is Cc1ccccc1C(c1ccccc1C)N1CN(C(c2ccccc2C)c2ccccc2C)[C@H](c2ccccc2)[C@H]1c1ccccc1. The highest BCUT2D eigenvalue weighted by atomic mass is 15.4. The molecule has 2 atom stereocenters. The lowest BCUT2D eigenvalue weighted by Gasteiger charge is -2.37. The average Bonchev–Trinajstić information content (AvgIpc) is 3.49. The van der Waals surface area contributed by atoms with E-state index >= 15 is 0 Å². The minimum Gasteiger partial charge on any atom is -0.270 e. The van der Waals surface area contributed by atoms with Crippen molar-refractivity contribution in [2.45, 2.75) is 51.9 Å². The van der Waals surface area contributed by atoms with Gasteiger partial charge in [0.05, 0.1) is 30.8 Å². The maximum Gasteiger partial charge on any atom is 0.0625 e. The summed E-state index contributed by atoms with van der Waals surface area (Å²) in [6.45, 7) is 9.86. The van der Waals surface area contributed by atoms with Gasteiger partial charge in [-0.1, -0.05) is 158 Å². The topological polar surface area (TPSA) is 6.48 Å². The minimum absolute atomic E-state index is 0.0632. The molecule has 6 aromatic rings. The fraction of sp³-hybridized carbons (Fsp3) is 0.200. The predicted octanol–water partition coefficient (Wildman–Crippen LogP) is 10.9. The van der Waals surface area contributed by atoms with Crippen LogP contribution in [-0.4, -0.2) is 16.5 Å². The highest BCUT2D eigenvalue weighted by molar-refractivity contribution is 5.45. The van der Waals surface area contributed by atoms with Crippen molar-refractivity contribution in [3.63, 3.8) is 0 Å². The molecule has 0 saturated carbocycles. The van der Waals surface area contributed by atoms with Crippen LogP contribution in [0, 0.1) is 27.7 Å². The molecule has 2 heteroatoms. The summed E-state index contributed by atoms with van der Waals surface area (Å²) in [5, 5.41) is 0. The maximum absolute atomic E-state index is 2.79. The largest absolute Gasteiger partial charge is 0.270 e. The van der Waals surface area contributed by atoms with Gasteiger partial charge in [-0.25, -0.2) is 0 Å². The van der Waals surface area contributed by atoms with Crippen LogP contribution in [0.1, 0.15) is 79.8 Å². The van der Waals surface area contributed by atoms with Crippen molar-refractivity contribution in [1.29, 1.82) is 0 Å². The molecule has 0 aromatic heterocycles. The Kier molecular flexibility index (Phi) is 8.89. The van der Waals surface area contributed by atoms with Gasteiger partial charge in [-0.15, -0.1) is 0 Å². The number of hydrogen-bond donors (Lipinski definition) is 0. The van der Waals surface area contributed by atoms with Crippen molar-refractivity contribution >= 4 is 0 Å². The van der Waals surface area contributed by atoms with E-state index in [0.29, 0.717) is 0 Å². The van der Waals surface area contributed by atoms with E-state index in [1.807, 2.05) is 0 Å². The van der Waals surface area contributed by atoms with Crippen LogP contribution >= 0.6 is 0 Å². The number of nitrogens with zero attached hydrogens (tertiary/aromatic N) is 2. The van der Waals surface area contributed by atoms with E-state index in [2.05, 4.69) is 195 Å². The first kappa shape index (κ1) is 30.9. The lowest BCUT2D eigenvalue weighted by Crippen LogP contribution is -2.34. The quantitative estimate of drug-likeness (QED) is 0.169. The summed E-state index contributed by atoms with van der Waals surface area (Å²) < 4.78 is 0. The van der Waals surface area contributed by atoms with Crippen LogP contribution in [0.25, 0.3) is 0 Å². The summed E-state index contributed by atoms with van der Waals surface area (Å²) >= 11 is 0. The van der Waals surface area contributed by atoms with Gasteiger partial charge in [-0.3, -0.25) is 9.80 Å². The Morgan fingerprint density at radius 3 is 0.894 bits per heavy atom. The molecule has 1 heterocycles. The maximum atomic E-state index is 2.79. The van der Waals surface area contributed by atoms with Gasteiger partial charge in [0.1, 0.15) is 0 Å². The van der Waals surface area contributed by atoms with Crippen LogP contribution in [0.4, 0.5) is 0 Å². The Morgan fingerprint density at radius 1 is 0.362 bits per heavy atom. The van der Waals surface area contributed by atoms with E-state index in [4.69, 9.17) is 0 Å². The zero-order valence-corrected chi connectivity index (χ0v) is 27.9. The van der Waals surface area contributed by atoms with E-state index in [1.54, 1.807) is 0 Å². The third-order valence-corrected chi connectivity index (χ3v) is 10.2. The smallest absolute Gasteiger partial charge is 0.0625 e. The molecule has 47 heavy (non-hydrogen) atoms. The van der Waals surface area contributed by atoms with Crippen LogP contribution in [0.5, 0.6) is 0 Å². The fourth-order valence-corrected chi connectivity index (χ4v) is 7.88. The zero-order valence-electron chi connectivity index (χ0n) is 27.9. The fourth-order valence-electron chi connectivity index (χ4n) is 7.88. The lowest BCUT2D eigenvalue weighted by atomic mass is 9.86. The Hall–Kier alpha value is -4.76. The Balaban J connectivity index is 1.53. The molecule has 0 amide bonds. The molecule has 7 rings (SSSR count).